The van der Waals surface area contributed by atoms with E-state index in [0.717, 1.165) is 19.5 Å². The summed E-state index contributed by atoms with van der Waals surface area (Å²) in [5.41, 5.74) is 0.781. The van der Waals surface area contributed by atoms with Crippen LogP contribution in [0.5, 0.6) is 0 Å². The molecule has 1 aliphatic rings. The van der Waals surface area contributed by atoms with Gasteiger partial charge in [0.25, 0.3) is 0 Å². The second-order valence-corrected chi connectivity index (χ2v) is 5.62. The van der Waals surface area contributed by atoms with Crippen LogP contribution in [0.3, 0.4) is 0 Å². The molecule has 1 aliphatic heterocycles. The van der Waals surface area contributed by atoms with Gasteiger partial charge in [0.1, 0.15) is 0 Å². The van der Waals surface area contributed by atoms with Crippen LogP contribution in [0.4, 0.5) is 10.5 Å². The van der Waals surface area contributed by atoms with E-state index < -0.39 is 5.97 Å². The van der Waals surface area contributed by atoms with E-state index in [1.54, 1.807) is 12.1 Å². The fraction of sp³-hybridized carbons (Fsp3) is 0.467. The van der Waals surface area contributed by atoms with E-state index in [0.29, 0.717) is 11.6 Å². The second-order valence-electron chi connectivity index (χ2n) is 5.62. The molecule has 1 aromatic rings. The van der Waals surface area contributed by atoms with Crippen molar-refractivity contribution in [3.8, 4) is 0 Å². The molecule has 0 spiro atoms. The predicted molar refractivity (Wildman–Crippen MR) is 80.6 cm³/mol. The Hall–Kier alpha value is -2.08. The van der Waals surface area contributed by atoms with Crippen LogP contribution in [0.25, 0.3) is 0 Å². The Morgan fingerprint density at radius 2 is 1.95 bits per heavy atom. The molecular weight excluding hydrogens is 270 g/mol. The van der Waals surface area contributed by atoms with E-state index in [-0.39, 0.29) is 17.6 Å². The number of hydrogen-bond acceptors (Lipinski definition) is 3. The molecule has 3 N–H and O–H groups in total. The minimum absolute atomic E-state index is 0.166. The molecule has 6 nitrogen and oxygen atoms in total. The van der Waals surface area contributed by atoms with Crippen molar-refractivity contribution in [2.45, 2.75) is 19.4 Å². The molecule has 1 aromatic carbocycles. The van der Waals surface area contributed by atoms with Gasteiger partial charge in [-0.3, -0.25) is 0 Å². The third-order valence-electron chi connectivity index (χ3n) is 3.81. The number of urea groups is 1. The monoisotopic (exact) mass is 291 g/mol. The number of carbonyl (C=O) groups is 2. The molecule has 2 atom stereocenters. The number of likely N-dealkylation sites (tertiary alicyclic amines) is 1. The number of hydrogen-bond donors (Lipinski definition) is 3. The van der Waals surface area contributed by atoms with Gasteiger partial charge in [-0.15, -0.1) is 0 Å². The van der Waals surface area contributed by atoms with E-state index >= 15 is 0 Å². The number of carboxylic acids is 1. The Morgan fingerprint density at radius 3 is 2.52 bits per heavy atom. The number of anilines is 1. The molecule has 114 valence electrons. The first-order valence-electron chi connectivity index (χ1n) is 7.05. The molecule has 1 heterocycles. The quantitative estimate of drug-likeness (QED) is 0.794. The van der Waals surface area contributed by atoms with Crippen LogP contribution in [0.1, 0.15) is 23.7 Å². The number of rotatable bonds is 3. The molecule has 1 saturated heterocycles. The van der Waals surface area contributed by atoms with Gasteiger partial charge in [-0.2, -0.15) is 0 Å². The van der Waals surface area contributed by atoms with Crippen LogP contribution in [0, 0.1) is 5.92 Å². The number of carbonyl (C=O) groups excluding carboxylic acids is 1. The summed E-state index contributed by atoms with van der Waals surface area (Å²) in [4.78, 5) is 25.0. The number of nitrogens with one attached hydrogen (secondary N) is 2. The lowest BCUT2D eigenvalue weighted by molar-refractivity contribution is 0.0697. The van der Waals surface area contributed by atoms with E-state index in [4.69, 9.17) is 5.11 Å². The highest BCUT2D eigenvalue weighted by molar-refractivity contribution is 5.91. The summed E-state index contributed by atoms with van der Waals surface area (Å²) in [6.45, 7) is 4.07. The maximum atomic E-state index is 12.0. The van der Waals surface area contributed by atoms with Gasteiger partial charge in [0.2, 0.25) is 0 Å². The molecule has 0 aliphatic carbocycles. The highest BCUT2D eigenvalue weighted by Gasteiger charge is 2.25. The van der Waals surface area contributed by atoms with Crippen LogP contribution in [0.15, 0.2) is 24.3 Å². The number of benzene rings is 1. The van der Waals surface area contributed by atoms with Crippen LogP contribution in [0.2, 0.25) is 0 Å². The molecule has 2 amide bonds. The smallest absolute Gasteiger partial charge is 0.335 e. The molecule has 2 rings (SSSR count). The Balaban J connectivity index is 1.88. The second kappa shape index (κ2) is 6.58. The van der Waals surface area contributed by atoms with E-state index in [1.165, 1.54) is 12.1 Å². The van der Waals surface area contributed by atoms with Crippen molar-refractivity contribution in [3.05, 3.63) is 29.8 Å². The average molecular weight is 291 g/mol. The highest BCUT2D eigenvalue weighted by atomic mass is 16.4. The summed E-state index contributed by atoms with van der Waals surface area (Å²) in [6.07, 6.45) is 0.934. The van der Waals surface area contributed by atoms with Gasteiger partial charge >= 0.3 is 12.0 Å². The summed E-state index contributed by atoms with van der Waals surface area (Å²) in [6, 6.07) is 6.02. The van der Waals surface area contributed by atoms with Gasteiger partial charge in [-0.1, -0.05) is 6.92 Å². The molecule has 6 heteroatoms. The SMILES string of the molecule is CC1CN(C)CCC1NC(=O)Nc1ccc(C(=O)O)cc1. The number of amides is 2. The maximum Gasteiger partial charge on any atom is 0.335 e. The first-order valence-corrected chi connectivity index (χ1v) is 7.05. The minimum Gasteiger partial charge on any atom is -0.478 e. The molecule has 21 heavy (non-hydrogen) atoms. The van der Waals surface area contributed by atoms with Crippen molar-refractivity contribution in [1.29, 1.82) is 0 Å². The van der Waals surface area contributed by atoms with Crippen LogP contribution in [-0.4, -0.2) is 48.2 Å². The number of aromatic carboxylic acids is 1. The van der Waals surface area contributed by atoms with Crippen molar-refractivity contribution < 1.29 is 14.7 Å². The van der Waals surface area contributed by atoms with E-state index in [2.05, 4.69) is 29.5 Å². The number of piperidine rings is 1. The number of carboxylic acid groups (broad SMARTS) is 1. The topological polar surface area (TPSA) is 81.7 Å². The Kier molecular flexibility index (Phi) is 4.80. The van der Waals surface area contributed by atoms with Crippen molar-refractivity contribution >= 4 is 17.7 Å². The van der Waals surface area contributed by atoms with Gasteiger partial charge in [0.05, 0.1) is 5.56 Å². The lowest BCUT2D eigenvalue weighted by atomic mass is 9.94. The van der Waals surface area contributed by atoms with Crippen LogP contribution < -0.4 is 10.6 Å². The Labute approximate surface area is 124 Å². The lowest BCUT2D eigenvalue weighted by Crippen LogP contribution is -2.49. The van der Waals surface area contributed by atoms with Gasteiger partial charge in [0.15, 0.2) is 0 Å². The predicted octanol–water partition coefficient (Wildman–Crippen LogP) is 1.85. The molecule has 0 bridgehead atoms. The van der Waals surface area contributed by atoms with Crippen molar-refractivity contribution in [3.63, 3.8) is 0 Å². The third-order valence-corrected chi connectivity index (χ3v) is 3.81. The normalized spacial score (nSPS) is 22.6. The maximum absolute atomic E-state index is 12.0. The van der Waals surface area contributed by atoms with E-state index in [9.17, 15) is 9.59 Å². The Bertz CT molecular complexity index is 515. The standard InChI is InChI=1S/C15H21N3O3/c1-10-9-18(2)8-7-13(10)17-15(21)16-12-5-3-11(4-6-12)14(19)20/h3-6,10,13H,7-9H2,1-2H3,(H,19,20)(H2,16,17,21). The van der Waals surface area contributed by atoms with Gasteiger partial charge < -0.3 is 20.6 Å². The fourth-order valence-corrected chi connectivity index (χ4v) is 2.60. The van der Waals surface area contributed by atoms with E-state index in [1.807, 2.05) is 0 Å². The van der Waals surface area contributed by atoms with Gasteiger partial charge in [-0.25, -0.2) is 9.59 Å². The number of nitrogens with zero attached hydrogens (tertiary/aromatic N) is 1. The summed E-state index contributed by atoms with van der Waals surface area (Å²) in [7, 11) is 2.08. The van der Waals surface area contributed by atoms with Crippen molar-refractivity contribution in [2.75, 3.05) is 25.5 Å². The molecule has 0 saturated carbocycles. The van der Waals surface area contributed by atoms with Crippen LogP contribution in [-0.2, 0) is 0 Å². The first kappa shape index (κ1) is 15.3. The van der Waals surface area contributed by atoms with Crippen molar-refractivity contribution in [2.24, 2.45) is 5.92 Å². The zero-order valence-electron chi connectivity index (χ0n) is 12.3. The van der Waals surface area contributed by atoms with Crippen molar-refractivity contribution in [1.82, 2.24) is 10.2 Å². The van der Waals surface area contributed by atoms with Gasteiger partial charge in [0, 0.05) is 18.3 Å². The molecule has 0 aromatic heterocycles. The van der Waals surface area contributed by atoms with Crippen LogP contribution >= 0.6 is 0 Å². The van der Waals surface area contributed by atoms with Gasteiger partial charge in [-0.05, 0) is 50.2 Å². The fourth-order valence-electron chi connectivity index (χ4n) is 2.60. The highest BCUT2D eigenvalue weighted by Crippen LogP contribution is 2.16. The average Bonchev–Trinajstić information content (AvgIpc) is 2.42. The summed E-state index contributed by atoms with van der Waals surface area (Å²) in [5, 5.41) is 14.5. The molecule has 2 unspecified atom stereocenters. The summed E-state index contributed by atoms with van der Waals surface area (Å²) in [5.74, 6) is -0.574. The molecular formula is C15H21N3O3. The third kappa shape index (κ3) is 4.19. The zero-order chi connectivity index (χ0) is 15.4. The molecule has 0 radical (unpaired) electrons. The summed E-state index contributed by atoms with van der Waals surface area (Å²) < 4.78 is 0. The molecule has 1 fully saturated rings. The zero-order valence-corrected chi connectivity index (χ0v) is 12.3. The summed E-state index contributed by atoms with van der Waals surface area (Å²) >= 11 is 0. The first-order chi connectivity index (χ1) is 9.95. The minimum atomic E-state index is -0.980. The lowest BCUT2D eigenvalue weighted by Gasteiger charge is -2.35. The Morgan fingerprint density at radius 1 is 1.29 bits per heavy atom. The largest absolute Gasteiger partial charge is 0.478 e.